The molecular weight excluding hydrogens is 301 g/mol. The molecule has 1 heterocycles. The number of halogens is 2. The van der Waals surface area contributed by atoms with Crippen molar-refractivity contribution < 1.29 is 14.6 Å². The molecule has 6 heteroatoms. The van der Waals surface area contributed by atoms with E-state index in [0.29, 0.717) is 21.4 Å². The molecule has 0 amide bonds. The maximum absolute atomic E-state index is 11.0. The zero-order chi connectivity index (χ0) is 14.5. The third kappa shape index (κ3) is 4.11. The minimum Gasteiger partial charge on any atom is -0.483 e. The van der Waals surface area contributed by atoms with Crippen LogP contribution in [0.3, 0.4) is 0 Å². The summed E-state index contributed by atoms with van der Waals surface area (Å²) in [6.07, 6.45) is 2.10. The molecule has 2 aromatic rings. The van der Waals surface area contributed by atoms with Crippen LogP contribution in [-0.4, -0.2) is 16.1 Å². The Morgan fingerprint density at radius 1 is 1.25 bits per heavy atom. The number of nitrogens with zero attached hydrogens (tertiary/aromatic N) is 1. The quantitative estimate of drug-likeness (QED) is 0.907. The Kier molecular flexibility index (Phi) is 4.82. The van der Waals surface area contributed by atoms with Gasteiger partial charge in [-0.2, -0.15) is 0 Å². The Balaban J connectivity index is 2.26. The Morgan fingerprint density at radius 3 is 2.70 bits per heavy atom. The van der Waals surface area contributed by atoms with E-state index in [-0.39, 0.29) is 6.42 Å². The molecule has 1 atom stereocenters. The van der Waals surface area contributed by atoms with Crippen molar-refractivity contribution in [2.24, 2.45) is 0 Å². The van der Waals surface area contributed by atoms with Gasteiger partial charge in [-0.25, -0.2) is 0 Å². The largest absolute Gasteiger partial charge is 0.483 e. The second-order valence-electron chi connectivity index (χ2n) is 4.10. The SMILES string of the molecule is O=C(O)CC(Oc1cncc(Cl)c1)c1cccc(Cl)c1. The summed E-state index contributed by atoms with van der Waals surface area (Å²) in [4.78, 5) is 14.9. The summed E-state index contributed by atoms with van der Waals surface area (Å²) in [6.45, 7) is 0. The Morgan fingerprint density at radius 2 is 2.05 bits per heavy atom. The van der Waals surface area contributed by atoms with Gasteiger partial charge < -0.3 is 9.84 Å². The van der Waals surface area contributed by atoms with E-state index in [1.807, 2.05) is 0 Å². The van der Waals surface area contributed by atoms with Gasteiger partial charge in [0.2, 0.25) is 0 Å². The van der Waals surface area contributed by atoms with Gasteiger partial charge >= 0.3 is 5.97 Å². The van der Waals surface area contributed by atoms with Gasteiger partial charge in [-0.15, -0.1) is 0 Å². The van der Waals surface area contributed by atoms with Gasteiger partial charge in [-0.05, 0) is 17.7 Å². The molecule has 0 saturated heterocycles. The molecule has 1 N–H and O–H groups in total. The van der Waals surface area contributed by atoms with Crippen LogP contribution in [0, 0.1) is 0 Å². The van der Waals surface area contributed by atoms with Gasteiger partial charge in [0.15, 0.2) is 0 Å². The van der Waals surface area contributed by atoms with Crippen LogP contribution < -0.4 is 4.74 Å². The second-order valence-corrected chi connectivity index (χ2v) is 4.97. The van der Waals surface area contributed by atoms with Crippen molar-refractivity contribution in [2.45, 2.75) is 12.5 Å². The monoisotopic (exact) mass is 311 g/mol. The van der Waals surface area contributed by atoms with E-state index in [0.717, 1.165) is 0 Å². The number of ether oxygens (including phenoxy) is 1. The van der Waals surface area contributed by atoms with Gasteiger partial charge in [0.25, 0.3) is 0 Å². The first-order valence-corrected chi connectivity index (χ1v) is 6.54. The highest BCUT2D eigenvalue weighted by Gasteiger charge is 2.18. The molecule has 20 heavy (non-hydrogen) atoms. The number of pyridine rings is 1. The lowest BCUT2D eigenvalue weighted by atomic mass is 10.1. The summed E-state index contributed by atoms with van der Waals surface area (Å²) >= 11 is 11.7. The van der Waals surface area contributed by atoms with E-state index < -0.39 is 12.1 Å². The predicted molar refractivity (Wildman–Crippen MR) is 76.3 cm³/mol. The topological polar surface area (TPSA) is 59.4 Å². The summed E-state index contributed by atoms with van der Waals surface area (Å²) < 4.78 is 5.66. The zero-order valence-electron chi connectivity index (χ0n) is 10.3. The predicted octanol–water partition coefficient (Wildman–Crippen LogP) is 3.98. The number of carboxylic acid groups (broad SMARTS) is 1. The van der Waals surface area contributed by atoms with Crippen molar-refractivity contribution in [3.8, 4) is 5.75 Å². The average molecular weight is 312 g/mol. The summed E-state index contributed by atoms with van der Waals surface area (Å²) in [5.41, 5.74) is 0.680. The van der Waals surface area contributed by atoms with Crippen LogP contribution in [0.1, 0.15) is 18.1 Å². The molecule has 0 aliphatic heterocycles. The molecular formula is C14H11Cl2NO3. The fraction of sp³-hybridized carbons (Fsp3) is 0.143. The van der Waals surface area contributed by atoms with Gasteiger partial charge in [-0.3, -0.25) is 9.78 Å². The fourth-order valence-electron chi connectivity index (χ4n) is 1.71. The highest BCUT2D eigenvalue weighted by molar-refractivity contribution is 6.30. The van der Waals surface area contributed by atoms with Crippen LogP contribution >= 0.6 is 23.2 Å². The molecule has 4 nitrogen and oxygen atoms in total. The van der Waals surface area contributed by atoms with Crippen LogP contribution in [-0.2, 0) is 4.79 Å². The van der Waals surface area contributed by atoms with Gasteiger partial charge in [0.1, 0.15) is 11.9 Å². The van der Waals surface area contributed by atoms with Crippen molar-refractivity contribution in [1.82, 2.24) is 4.98 Å². The normalized spacial score (nSPS) is 11.9. The molecule has 0 aliphatic carbocycles. The van der Waals surface area contributed by atoms with E-state index in [2.05, 4.69) is 4.98 Å². The Bertz CT molecular complexity index is 619. The van der Waals surface area contributed by atoms with Gasteiger partial charge in [0, 0.05) is 17.3 Å². The summed E-state index contributed by atoms with van der Waals surface area (Å²) in [5, 5.41) is 9.93. The summed E-state index contributed by atoms with van der Waals surface area (Å²) in [5.74, 6) is -0.561. The van der Waals surface area contributed by atoms with E-state index in [4.69, 9.17) is 33.0 Å². The van der Waals surface area contributed by atoms with E-state index in [1.54, 1.807) is 30.3 Å². The highest BCUT2D eigenvalue weighted by Crippen LogP contribution is 2.27. The van der Waals surface area contributed by atoms with E-state index in [9.17, 15) is 4.79 Å². The van der Waals surface area contributed by atoms with Crippen LogP contribution in [0.4, 0.5) is 0 Å². The third-order valence-electron chi connectivity index (χ3n) is 2.54. The van der Waals surface area contributed by atoms with Crippen molar-refractivity contribution in [3.05, 3.63) is 58.3 Å². The minimum absolute atomic E-state index is 0.188. The van der Waals surface area contributed by atoms with Crippen LogP contribution in [0.25, 0.3) is 0 Å². The Hall–Kier alpha value is -1.78. The first-order valence-electron chi connectivity index (χ1n) is 5.79. The van der Waals surface area contributed by atoms with Crippen LogP contribution in [0.2, 0.25) is 10.0 Å². The lowest BCUT2D eigenvalue weighted by molar-refractivity contribution is -0.138. The number of hydrogen-bond acceptors (Lipinski definition) is 3. The Labute approximate surface area is 125 Å². The van der Waals surface area contributed by atoms with Crippen molar-refractivity contribution in [2.75, 3.05) is 0 Å². The van der Waals surface area contributed by atoms with E-state index >= 15 is 0 Å². The number of carbonyl (C=O) groups is 1. The van der Waals surface area contributed by atoms with Crippen LogP contribution in [0.5, 0.6) is 5.75 Å². The maximum atomic E-state index is 11.0. The van der Waals surface area contributed by atoms with Gasteiger partial charge in [0.05, 0.1) is 17.6 Å². The molecule has 0 spiro atoms. The van der Waals surface area contributed by atoms with Crippen molar-refractivity contribution in [1.29, 1.82) is 0 Å². The number of aliphatic carboxylic acids is 1. The molecule has 0 fully saturated rings. The van der Waals surface area contributed by atoms with E-state index in [1.165, 1.54) is 12.4 Å². The molecule has 0 bridgehead atoms. The number of rotatable bonds is 5. The maximum Gasteiger partial charge on any atom is 0.307 e. The molecule has 1 unspecified atom stereocenters. The molecule has 0 saturated carbocycles. The standard InChI is InChI=1S/C14H11Cl2NO3/c15-10-3-1-2-9(4-10)13(6-14(18)19)20-12-5-11(16)7-17-8-12/h1-5,7-8,13H,6H2,(H,18,19). The lowest BCUT2D eigenvalue weighted by Crippen LogP contribution is -2.13. The summed E-state index contributed by atoms with van der Waals surface area (Å²) in [6, 6.07) is 8.47. The van der Waals surface area contributed by atoms with Crippen molar-refractivity contribution >= 4 is 29.2 Å². The first-order chi connectivity index (χ1) is 9.54. The minimum atomic E-state index is -0.968. The number of benzene rings is 1. The second kappa shape index (κ2) is 6.59. The lowest BCUT2D eigenvalue weighted by Gasteiger charge is -2.18. The third-order valence-corrected chi connectivity index (χ3v) is 2.98. The van der Waals surface area contributed by atoms with Crippen molar-refractivity contribution in [3.63, 3.8) is 0 Å². The fourth-order valence-corrected chi connectivity index (χ4v) is 2.08. The highest BCUT2D eigenvalue weighted by atomic mass is 35.5. The molecule has 104 valence electrons. The number of hydrogen-bond donors (Lipinski definition) is 1. The molecule has 1 aromatic carbocycles. The van der Waals surface area contributed by atoms with Gasteiger partial charge in [-0.1, -0.05) is 35.3 Å². The molecule has 0 aliphatic rings. The molecule has 0 radical (unpaired) electrons. The molecule has 1 aromatic heterocycles. The number of carboxylic acids is 1. The molecule has 2 rings (SSSR count). The smallest absolute Gasteiger partial charge is 0.307 e. The number of aromatic nitrogens is 1. The summed E-state index contributed by atoms with van der Waals surface area (Å²) in [7, 11) is 0. The van der Waals surface area contributed by atoms with Crippen LogP contribution in [0.15, 0.2) is 42.7 Å². The first kappa shape index (κ1) is 14.6. The zero-order valence-corrected chi connectivity index (χ0v) is 11.8. The average Bonchev–Trinajstić information content (AvgIpc) is 2.37.